The minimum atomic E-state index is -1.75. The number of amides is 2. The first kappa shape index (κ1) is 22.5. The molecule has 0 aliphatic rings. The Hall–Kier alpha value is 1.37. The van der Waals surface area contributed by atoms with Gasteiger partial charge in [-0.2, -0.15) is 0 Å². The summed E-state index contributed by atoms with van der Waals surface area (Å²) < 4.78 is 0. The zero-order chi connectivity index (χ0) is 7.15. The standard InChI is InChI=1S/CH4N2O.Ca.K.NO3.2H/c2-1(3)4;;;2-1(3)4;;/h(H4,2,3,4);;;;;/q;+2;+1;3*-1. The van der Waals surface area contributed by atoms with E-state index < -0.39 is 11.1 Å². The summed E-state index contributed by atoms with van der Waals surface area (Å²) in [7, 11) is 0. The Morgan fingerprint density at radius 3 is 1.40 bits per heavy atom. The SMILES string of the molecule is NC(N)=O.O=[N+]([O-])[O-].[Ca+2].[H-].[H-].[K+]. The van der Waals surface area contributed by atoms with Gasteiger partial charge in [-0.3, -0.25) is 0 Å². The maximum Gasteiger partial charge on any atom is 2.00 e. The summed E-state index contributed by atoms with van der Waals surface area (Å²) in [5.41, 5.74) is 8.50. The second-order valence-corrected chi connectivity index (χ2v) is 0.626. The number of carbonyl (C=O) groups excluding carboxylic acids is 1. The van der Waals surface area contributed by atoms with Gasteiger partial charge in [0.2, 0.25) is 0 Å². The summed E-state index contributed by atoms with van der Waals surface area (Å²) in [5, 5.41) is 14.8. The second kappa shape index (κ2) is 16.8. The molecular formula is CH6CaKN3O4. The van der Waals surface area contributed by atoms with Crippen molar-refractivity contribution >= 4 is 43.8 Å². The van der Waals surface area contributed by atoms with Crippen LogP contribution in [0.5, 0.6) is 0 Å². The van der Waals surface area contributed by atoms with E-state index in [1.165, 1.54) is 0 Å². The molecule has 0 aromatic carbocycles. The van der Waals surface area contributed by atoms with E-state index in [4.69, 9.17) is 20.1 Å². The molecule has 0 rings (SSSR count). The normalized spacial score (nSPS) is 4.80. The van der Waals surface area contributed by atoms with E-state index >= 15 is 0 Å². The van der Waals surface area contributed by atoms with Gasteiger partial charge in [0.15, 0.2) is 0 Å². The van der Waals surface area contributed by atoms with Crippen molar-refractivity contribution in [3.8, 4) is 0 Å². The second-order valence-electron chi connectivity index (χ2n) is 0.626. The van der Waals surface area contributed by atoms with Gasteiger partial charge in [0, 0.05) is 0 Å². The molecule has 0 radical (unpaired) electrons. The van der Waals surface area contributed by atoms with Crippen molar-refractivity contribution in [1.82, 2.24) is 0 Å². The van der Waals surface area contributed by atoms with Crippen LogP contribution < -0.4 is 62.9 Å². The molecule has 10 heavy (non-hydrogen) atoms. The molecule has 0 heterocycles. The van der Waals surface area contributed by atoms with Crippen LogP contribution in [-0.2, 0) is 0 Å². The third-order valence-corrected chi connectivity index (χ3v) is 0. The quantitative estimate of drug-likeness (QED) is 0.233. The van der Waals surface area contributed by atoms with Crippen LogP contribution in [0.15, 0.2) is 0 Å². The van der Waals surface area contributed by atoms with Crippen LogP contribution in [0.2, 0.25) is 0 Å². The molecule has 0 bridgehead atoms. The van der Waals surface area contributed by atoms with E-state index in [0.717, 1.165) is 0 Å². The van der Waals surface area contributed by atoms with Gasteiger partial charge in [0.05, 0.1) is 5.09 Å². The van der Waals surface area contributed by atoms with E-state index in [-0.39, 0.29) is 92.0 Å². The molecule has 0 saturated heterocycles. The van der Waals surface area contributed by atoms with Gasteiger partial charge < -0.3 is 29.6 Å². The fourth-order valence-electron chi connectivity index (χ4n) is 0. The van der Waals surface area contributed by atoms with E-state index in [2.05, 4.69) is 11.5 Å². The van der Waals surface area contributed by atoms with Gasteiger partial charge in [-0.1, -0.05) is 0 Å². The first-order valence-corrected chi connectivity index (χ1v) is 1.33. The molecule has 0 spiro atoms. The summed E-state index contributed by atoms with van der Waals surface area (Å²) in [6, 6.07) is -0.833. The van der Waals surface area contributed by atoms with Gasteiger partial charge in [-0.15, -0.1) is 0 Å². The van der Waals surface area contributed by atoms with Gasteiger partial charge >= 0.3 is 95.2 Å². The molecular weight excluding hydrogens is 197 g/mol. The Balaban J connectivity index is -0.0000000112. The topological polar surface area (TPSA) is 135 Å². The largest absolute Gasteiger partial charge is 2.00 e. The molecule has 0 saturated carbocycles. The minimum absolute atomic E-state index is 0. The zero-order valence-electron chi connectivity index (χ0n) is 7.44. The van der Waals surface area contributed by atoms with Crippen molar-refractivity contribution < 1.29 is 64.1 Å². The molecule has 9 heteroatoms. The third kappa shape index (κ3) is 351. The van der Waals surface area contributed by atoms with Gasteiger partial charge in [0.1, 0.15) is 0 Å². The molecule has 0 fully saturated rings. The molecule has 0 aliphatic heterocycles. The van der Waals surface area contributed by atoms with Crippen molar-refractivity contribution in [3.05, 3.63) is 15.3 Å². The van der Waals surface area contributed by atoms with Crippen LogP contribution in [0.4, 0.5) is 4.79 Å². The number of nitrogens with zero attached hydrogens (tertiary/aromatic N) is 1. The Kier molecular flexibility index (Phi) is 37.7. The summed E-state index contributed by atoms with van der Waals surface area (Å²) in [6.07, 6.45) is 0. The van der Waals surface area contributed by atoms with Crippen molar-refractivity contribution in [2.75, 3.05) is 0 Å². The van der Waals surface area contributed by atoms with Crippen molar-refractivity contribution in [1.29, 1.82) is 0 Å². The van der Waals surface area contributed by atoms with E-state index in [9.17, 15) is 0 Å². The number of carbonyl (C=O) groups is 1. The molecule has 0 aromatic heterocycles. The molecule has 0 unspecified atom stereocenters. The molecule has 7 nitrogen and oxygen atoms in total. The van der Waals surface area contributed by atoms with Crippen LogP contribution in [0.25, 0.3) is 0 Å². The van der Waals surface area contributed by atoms with Gasteiger partial charge in [0.25, 0.3) is 0 Å². The predicted octanol–water partition coefficient (Wildman–Crippen LogP) is -4.37. The average molecular weight is 203 g/mol. The molecule has 2 amide bonds. The molecule has 0 aromatic rings. The third-order valence-electron chi connectivity index (χ3n) is 0. The van der Waals surface area contributed by atoms with Crippen molar-refractivity contribution in [3.63, 3.8) is 0 Å². The Labute approximate surface area is 132 Å². The average Bonchev–Trinajstić information content (AvgIpc) is 1.25. The van der Waals surface area contributed by atoms with Gasteiger partial charge in [-0.25, -0.2) is 4.79 Å². The van der Waals surface area contributed by atoms with Crippen molar-refractivity contribution in [2.45, 2.75) is 0 Å². The van der Waals surface area contributed by atoms with Crippen LogP contribution in [0, 0.1) is 15.3 Å². The molecule has 0 atom stereocenters. The number of hydrogen-bond donors (Lipinski definition) is 2. The monoisotopic (exact) mass is 203 g/mol. The Morgan fingerprint density at radius 2 is 1.40 bits per heavy atom. The molecule has 4 N–H and O–H groups in total. The van der Waals surface area contributed by atoms with Crippen LogP contribution in [0.1, 0.15) is 2.85 Å². The van der Waals surface area contributed by atoms with Crippen LogP contribution >= 0.6 is 0 Å². The summed E-state index contributed by atoms with van der Waals surface area (Å²) >= 11 is 0. The molecule has 0 aliphatic carbocycles. The number of primary amides is 2. The number of rotatable bonds is 0. The maximum absolute atomic E-state index is 9.00. The number of nitrogens with two attached hydrogens (primary N) is 2. The minimum Gasteiger partial charge on any atom is -1.00 e. The van der Waals surface area contributed by atoms with E-state index in [0.29, 0.717) is 0 Å². The van der Waals surface area contributed by atoms with Crippen LogP contribution in [0.3, 0.4) is 0 Å². The smallest absolute Gasteiger partial charge is 1.00 e. The fraction of sp³-hybridized carbons (Fsp3) is 0. The van der Waals surface area contributed by atoms with E-state index in [1.54, 1.807) is 0 Å². The molecule has 52 valence electrons. The first-order valence-electron chi connectivity index (χ1n) is 1.33. The van der Waals surface area contributed by atoms with Crippen LogP contribution in [-0.4, -0.2) is 48.9 Å². The Morgan fingerprint density at radius 1 is 1.40 bits per heavy atom. The zero-order valence-corrected chi connectivity index (χ0v) is 10.8. The number of urea groups is 1. The van der Waals surface area contributed by atoms with E-state index in [1.807, 2.05) is 0 Å². The summed E-state index contributed by atoms with van der Waals surface area (Å²) in [5.74, 6) is 0. The van der Waals surface area contributed by atoms with Gasteiger partial charge in [-0.05, 0) is 0 Å². The predicted molar refractivity (Wildman–Crippen MR) is 32.1 cm³/mol. The first-order chi connectivity index (χ1) is 3.46. The number of hydrogen-bond acceptors (Lipinski definition) is 4. The fourth-order valence-corrected chi connectivity index (χ4v) is 0. The summed E-state index contributed by atoms with van der Waals surface area (Å²) in [6.45, 7) is 0. The van der Waals surface area contributed by atoms with Crippen molar-refractivity contribution in [2.24, 2.45) is 11.5 Å². The summed E-state index contributed by atoms with van der Waals surface area (Å²) in [4.78, 5) is 17.2. The Bertz CT molecular complexity index is 86.3. The maximum atomic E-state index is 9.00.